The minimum atomic E-state index is -5.04. The number of anilines is 1. The molecule has 1 heterocycles. The number of allylic oxidation sites excluding steroid dienone is 1. The van der Waals surface area contributed by atoms with Crippen LogP contribution in [0.3, 0.4) is 0 Å². The van der Waals surface area contributed by atoms with Crippen molar-refractivity contribution in [1.29, 1.82) is 0 Å². The number of aromatic nitrogens is 1. The smallest absolute Gasteiger partial charge is 0.416 e. The van der Waals surface area contributed by atoms with E-state index < -0.39 is 40.8 Å². The van der Waals surface area contributed by atoms with Crippen LogP contribution < -0.4 is 10.1 Å². The van der Waals surface area contributed by atoms with Crippen LogP contribution >= 0.6 is 0 Å². The first kappa shape index (κ1) is 27.0. The molecule has 0 aliphatic heterocycles. The van der Waals surface area contributed by atoms with Crippen LogP contribution in [-0.2, 0) is 23.5 Å². The average Bonchev–Trinajstić information content (AvgIpc) is 3.13. The topological polar surface area (TPSA) is 52.5 Å². The largest absolute Gasteiger partial charge is 0.497 e. The number of nitrogens with one attached hydrogen (secondary N) is 1. The molecule has 5 nitrogen and oxygen atoms in total. The van der Waals surface area contributed by atoms with Crippen LogP contribution in [0.15, 0.2) is 54.9 Å². The summed E-state index contributed by atoms with van der Waals surface area (Å²) in [5, 5.41) is 2.81. The van der Waals surface area contributed by atoms with Gasteiger partial charge in [0.15, 0.2) is 0 Å². The van der Waals surface area contributed by atoms with Crippen LogP contribution in [0.2, 0.25) is 0 Å². The van der Waals surface area contributed by atoms with Gasteiger partial charge in [0, 0.05) is 29.8 Å². The predicted molar refractivity (Wildman–Crippen MR) is 123 cm³/mol. The number of halogens is 6. The van der Waals surface area contributed by atoms with Gasteiger partial charge in [-0.15, -0.1) is 0 Å². The predicted octanol–water partition coefficient (Wildman–Crippen LogP) is 7.64. The first-order chi connectivity index (χ1) is 16.6. The molecule has 0 saturated carbocycles. The second-order valence-electron chi connectivity index (χ2n) is 8.66. The Kier molecular flexibility index (Phi) is 7.33. The fourth-order valence-corrected chi connectivity index (χ4v) is 3.68. The Balaban J connectivity index is 2.06. The van der Waals surface area contributed by atoms with E-state index >= 15 is 0 Å². The number of carbonyl (C=O) groups is 1. The van der Waals surface area contributed by atoms with E-state index in [1.165, 1.54) is 19.6 Å². The SMILES string of the molecule is CC=COC(C)(C)Cc1cn(C(=O)Nc2cc(C(F)(F)F)cc(C(F)(F)F)c2)c2cc(OC)ccc12. The highest BCUT2D eigenvalue weighted by Gasteiger charge is 2.37. The molecule has 0 spiro atoms. The zero-order valence-electron chi connectivity index (χ0n) is 19.8. The Morgan fingerprint density at radius 1 is 1.00 bits per heavy atom. The standard InChI is InChI=1S/C25H24F6N2O3/c1-5-8-36-23(2,3)13-15-14-33(21-12-19(35-4)6-7-20(15)21)22(34)32-18-10-16(24(26,27)28)9-17(11-18)25(29,30)31/h5-12,14H,13H2,1-4H3,(H,32,34). The molecule has 3 rings (SSSR count). The van der Waals surface area contributed by atoms with Gasteiger partial charge >= 0.3 is 18.4 Å². The Morgan fingerprint density at radius 3 is 2.14 bits per heavy atom. The van der Waals surface area contributed by atoms with Crippen LogP contribution in [0.1, 0.15) is 37.5 Å². The molecule has 36 heavy (non-hydrogen) atoms. The molecule has 3 aromatic rings. The van der Waals surface area contributed by atoms with E-state index in [1.807, 2.05) is 13.8 Å². The van der Waals surface area contributed by atoms with Crippen molar-refractivity contribution in [2.24, 2.45) is 0 Å². The third-order valence-corrected chi connectivity index (χ3v) is 5.29. The van der Waals surface area contributed by atoms with E-state index in [-0.39, 0.29) is 6.07 Å². The van der Waals surface area contributed by atoms with Crippen molar-refractivity contribution >= 4 is 22.6 Å². The maximum absolute atomic E-state index is 13.2. The molecular formula is C25H24F6N2O3. The van der Waals surface area contributed by atoms with Crippen LogP contribution in [0, 0.1) is 0 Å². The summed E-state index contributed by atoms with van der Waals surface area (Å²) < 4.78 is 91.4. The van der Waals surface area contributed by atoms with Gasteiger partial charge in [-0.3, -0.25) is 4.57 Å². The molecule has 1 N–H and O–H groups in total. The molecule has 0 saturated heterocycles. The second kappa shape index (κ2) is 9.79. The monoisotopic (exact) mass is 514 g/mol. The van der Waals surface area contributed by atoms with E-state index in [2.05, 4.69) is 5.32 Å². The molecule has 2 aromatic carbocycles. The molecule has 0 unspecified atom stereocenters. The van der Waals surface area contributed by atoms with E-state index in [0.717, 1.165) is 4.57 Å². The third-order valence-electron chi connectivity index (χ3n) is 5.29. The van der Waals surface area contributed by atoms with Gasteiger partial charge in [-0.1, -0.05) is 6.08 Å². The number of hydrogen-bond acceptors (Lipinski definition) is 3. The Hall–Kier alpha value is -3.63. The maximum atomic E-state index is 13.2. The lowest BCUT2D eigenvalue weighted by molar-refractivity contribution is -0.143. The summed E-state index contributed by atoms with van der Waals surface area (Å²) >= 11 is 0. The highest BCUT2D eigenvalue weighted by molar-refractivity contribution is 6.00. The van der Waals surface area contributed by atoms with Crippen molar-refractivity contribution in [3.05, 3.63) is 71.6 Å². The summed E-state index contributed by atoms with van der Waals surface area (Å²) in [7, 11) is 1.42. The highest BCUT2D eigenvalue weighted by atomic mass is 19.4. The van der Waals surface area contributed by atoms with Crippen molar-refractivity contribution in [2.45, 2.75) is 45.1 Å². The summed E-state index contributed by atoms with van der Waals surface area (Å²) in [4.78, 5) is 13.1. The minimum absolute atomic E-state index is 0.00346. The minimum Gasteiger partial charge on any atom is -0.497 e. The first-order valence-electron chi connectivity index (χ1n) is 10.7. The molecule has 11 heteroatoms. The van der Waals surface area contributed by atoms with Crippen LogP contribution in [0.4, 0.5) is 36.8 Å². The number of ether oxygens (including phenoxy) is 2. The van der Waals surface area contributed by atoms with Gasteiger partial charge in [-0.05, 0) is 56.7 Å². The number of carbonyl (C=O) groups excluding carboxylic acids is 1. The highest BCUT2D eigenvalue weighted by Crippen LogP contribution is 2.38. The molecule has 0 atom stereocenters. The van der Waals surface area contributed by atoms with E-state index in [1.54, 1.807) is 31.2 Å². The molecule has 0 bridgehead atoms. The Morgan fingerprint density at radius 2 is 1.61 bits per heavy atom. The van der Waals surface area contributed by atoms with Crippen LogP contribution in [0.25, 0.3) is 10.9 Å². The third kappa shape index (κ3) is 6.13. The number of benzene rings is 2. The van der Waals surface area contributed by atoms with E-state index in [4.69, 9.17) is 9.47 Å². The number of amides is 1. The normalized spacial score (nSPS) is 12.8. The van der Waals surface area contributed by atoms with Gasteiger partial charge in [0.05, 0.1) is 30.0 Å². The van der Waals surface area contributed by atoms with Crippen molar-refractivity contribution in [3.8, 4) is 5.75 Å². The number of hydrogen-bond donors (Lipinski definition) is 1. The van der Waals surface area contributed by atoms with Crippen molar-refractivity contribution in [2.75, 3.05) is 12.4 Å². The molecule has 0 radical (unpaired) electrons. The quantitative estimate of drug-likeness (QED) is 0.272. The summed E-state index contributed by atoms with van der Waals surface area (Å²) in [5.41, 5.74) is -3.36. The zero-order chi connectivity index (χ0) is 26.9. The average molecular weight is 514 g/mol. The fraction of sp³-hybridized carbons (Fsp3) is 0.320. The number of methoxy groups -OCH3 is 1. The second-order valence-corrected chi connectivity index (χ2v) is 8.66. The number of alkyl halides is 6. The summed E-state index contributed by atoms with van der Waals surface area (Å²) in [6, 6.07) is 4.89. The number of fused-ring (bicyclic) bond motifs is 1. The van der Waals surface area contributed by atoms with Gasteiger partial charge in [0.2, 0.25) is 0 Å². The van der Waals surface area contributed by atoms with Gasteiger partial charge in [-0.2, -0.15) is 26.3 Å². The Labute approximate surface area is 203 Å². The van der Waals surface area contributed by atoms with E-state index in [0.29, 0.717) is 40.8 Å². The molecule has 194 valence electrons. The van der Waals surface area contributed by atoms with E-state index in [9.17, 15) is 31.1 Å². The number of rotatable bonds is 6. The summed E-state index contributed by atoms with van der Waals surface area (Å²) in [6.07, 6.45) is -5.02. The zero-order valence-corrected chi connectivity index (χ0v) is 19.8. The van der Waals surface area contributed by atoms with Crippen molar-refractivity contribution in [1.82, 2.24) is 4.57 Å². The van der Waals surface area contributed by atoms with Gasteiger partial charge in [-0.25, -0.2) is 4.79 Å². The first-order valence-corrected chi connectivity index (χ1v) is 10.7. The van der Waals surface area contributed by atoms with Crippen molar-refractivity contribution in [3.63, 3.8) is 0 Å². The molecule has 0 aliphatic rings. The molecule has 1 aromatic heterocycles. The maximum Gasteiger partial charge on any atom is 0.416 e. The molecule has 0 fully saturated rings. The van der Waals surface area contributed by atoms with Gasteiger partial charge in [0.25, 0.3) is 0 Å². The fourth-order valence-electron chi connectivity index (χ4n) is 3.68. The van der Waals surface area contributed by atoms with Gasteiger partial charge < -0.3 is 14.8 Å². The lowest BCUT2D eigenvalue weighted by Gasteiger charge is -2.24. The lowest BCUT2D eigenvalue weighted by atomic mass is 9.98. The molecular weight excluding hydrogens is 490 g/mol. The molecule has 0 aliphatic carbocycles. The Bertz CT molecular complexity index is 1260. The van der Waals surface area contributed by atoms with Crippen LogP contribution in [-0.4, -0.2) is 23.3 Å². The number of nitrogens with zero attached hydrogens (tertiary/aromatic N) is 1. The summed E-state index contributed by atoms with van der Waals surface area (Å²) in [5.74, 6) is 0.407. The summed E-state index contributed by atoms with van der Waals surface area (Å²) in [6.45, 7) is 5.46. The van der Waals surface area contributed by atoms with Crippen molar-refractivity contribution < 1.29 is 40.6 Å². The van der Waals surface area contributed by atoms with Gasteiger partial charge in [0.1, 0.15) is 11.4 Å². The molecule has 1 amide bonds. The lowest BCUT2D eigenvalue weighted by Crippen LogP contribution is -2.25. The van der Waals surface area contributed by atoms with Crippen LogP contribution in [0.5, 0.6) is 5.75 Å².